The number of benzene rings is 2. The molecule has 1 N–H and O–H groups in total. The van der Waals surface area contributed by atoms with Crippen molar-refractivity contribution in [2.45, 2.75) is 6.92 Å². The summed E-state index contributed by atoms with van der Waals surface area (Å²) >= 11 is 11.7. The number of halogens is 2. The Morgan fingerprint density at radius 3 is 2.71 bits per heavy atom. The van der Waals surface area contributed by atoms with Gasteiger partial charge in [0.2, 0.25) is 0 Å². The summed E-state index contributed by atoms with van der Waals surface area (Å²) in [6.07, 6.45) is 1.36. The quantitative estimate of drug-likeness (QED) is 0.506. The molecule has 0 unspecified atom stereocenters. The standard InChI is InChI=1S/C14H10Cl2N2O3/c1-8-12(3-2-4-13(8)18(20)21)17-7-9-5-10(15)6-11(16)14(9)19/h2-7,19H,1H3. The van der Waals surface area contributed by atoms with E-state index in [-0.39, 0.29) is 16.5 Å². The van der Waals surface area contributed by atoms with Gasteiger partial charge >= 0.3 is 0 Å². The monoisotopic (exact) mass is 324 g/mol. The molecule has 0 aliphatic rings. The van der Waals surface area contributed by atoms with Gasteiger partial charge in [0.15, 0.2) is 0 Å². The second-order valence-electron chi connectivity index (χ2n) is 4.26. The second kappa shape index (κ2) is 6.11. The molecular formula is C14H10Cl2N2O3. The van der Waals surface area contributed by atoms with E-state index < -0.39 is 4.92 Å². The number of rotatable bonds is 3. The molecule has 5 nitrogen and oxygen atoms in total. The van der Waals surface area contributed by atoms with E-state index in [0.29, 0.717) is 21.8 Å². The fourth-order valence-electron chi connectivity index (χ4n) is 1.77. The summed E-state index contributed by atoms with van der Waals surface area (Å²) in [5.41, 5.74) is 1.18. The van der Waals surface area contributed by atoms with Crippen LogP contribution in [0.3, 0.4) is 0 Å². The van der Waals surface area contributed by atoms with E-state index in [9.17, 15) is 15.2 Å². The van der Waals surface area contributed by atoms with Gasteiger partial charge in [0, 0.05) is 22.9 Å². The van der Waals surface area contributed by atoms with Crippen molar-refractivity contribution in [2.24, 2.45) is 4.99 Å². The first kappa shape index (κ1) is 15.3. The molecule has 21 heavy (non-hydrogen) atoms. The van der Waals surface area contributed by atoms with Crippen LogP contribution in [0.2, 0.25) is 10.0 Å². The summed E-state index contributed by atoms with van der Waals surface area (Å²) in [7, 11) is 0. The summed E-state index contributed by atoms with van der Waals surface area (Å²) in [6, 6.07) is 7.50. The zero-order valence-electron chi connectivity index (χ0n) is 10.9. The van der Waals surface area contributed by atoms with Gasteiger partial charge in [0.1, 0.15) is 5.75 Å². The molecule has 0 amide bonds. The highest BCUT2D eigenvalue weighted by Gasteiger charge is 2.12. The summed E-state index contributed by atoms with van der Waals surface area (Å²) in [6.45, 7) is 1.61. The van der Waals surface area contributed by atoms with E-state index in [2.05, 4.69) is 4.99 Å². The molecule has 0 heterocycles. The summed E-state index contributed by atoms with van der Waals surface area (Å²) in [4.78, 5) is 14.6. The Labute approximate surface area is 130 Å². The Hall–Kier alpha value is -2.11. The Morgan fingerprint density at radius 2 is 2.05 bits per heavy atom. The van der Waals surface area contributed by atoms with Gasteiger partial charge < -0.3 is 5.11 Å². The lowest BCUT2D eigenvalue weighted by Gasteiger charge is -2.03. The largest absolute Gasteiger partial charge is 0.506 e. The Kier molecular flexibility index (Phi) is 4.45. The molecule has 0 saturated heterocycles. The fraction of sp³-hybridized carbons (Fsp3) is 0.0714. The number of nitro groups is 1. The number of aliphatic imine (C=N–C) groups is 1. The van der Waals surface area contributed by atoms with Gasteiger partial charge in [-0.05, 0) is 25.1 Å². The van der Waals surface area contributed by atoms with Gasteiger partial charge in [-0.15, -0.1) is 0 Å². The van der Waals surface area contributed by atoms with Gasteiger partial charge in [-0.1, -0.05) is 29.3 Å². The predicted octanol–water partition coefficient (Wildman–Crippen LogP) is 4.67. The lowest BCUT2D eigenvalue weighted by atomic mass is 10.1. The number of nitro benzene ring substituents is 1. The topological polar surface area (TPSA) is 75.7 Å². The molecule has 0 saturated carbocycles. The van der Waals surface area contributed by atoms with Crippen LogP contribution in [0.25, 0.3) is 0 Å². The number of aromatic hydroxyl groups is 1. The molecular weight excluding hydrogens is 315 g/mol. The van der Waals surface area contributed by atoms with E-state index in [4.69, 9.17) is 23.2 Å². The number of hydrogen-bond donors (Lipinski definition) is 1. The van der Waals surface area contributed by atoms with Crippen LogP contribution in [-0.4, -0.2) is 16.2 Å². The number of phenolic OH excluding ortho intramolecular Hbond substituents is 1. The van der Waals surface area contributed by atoms with E-state index in [1.807, 2.05) is 0 Å². The van der Waals surface area contributed by atoms with Crippen LogP contribution in [0.1, 0.15) is 11.1 Å². The minimum Gasteiger partial charge on any atom is -0.506 e. The summed E-state index contributed by atoms with van der Waals surface area (Å²) in [5.74, 6) is -0.145. The van der Waals surface area contributed by atoms with Gasteiger partial charge in [0.05, 0.1) is 21.2 Å². The minimum atomic E-state index is -0.470. The molecule has 0 aromatic heterocycles. The van der Waals surface area contributed by atoms with E-state index in [1.165, 1.54) is 24.4 Å². The molecule has 2 aromatic carbocycles. The van der Waals surface area contributed by atoms with Crippen LogP contribution >= 0.6 is 23.2 Å². The van der Waals surface area contributed by atoms with Gasteiger partial charge in [-0.25, -0.2) is 0 Å². The van der Waals surface area contributed by atoms with Crippen LogP contribution in [-0.2, 0) is 0 Å². The zero-order chi connectivity index (χ0) is 15.6. The van der Waals surface area contributed by atoms with Crippen molar-refractivity contribution in [3.05, 3.63) is 61.6 Å². The number of phenols is 1. The van der Waals surface area contributed by atoms with Crippen molar-refractivity contribution in [2.75, 3.05) is 0 Å². The first-order chi connectivity index (χ1) is 9.90. The lowest BCUT2D eigenvalue weighted by Crippen LogP contribution is -1.91. The van der Waals surface area contributed by atoms with Crippen molar-refractivity contribution >= 4 is 40.8 Å². The average Bonchev–Trinajstić information content (AvgIpc) is 2.42. The maximum atomic E-state index is 10.9. The van der Waals surface area contributed by atoms with Gasteiger partial charge in [-0.3, -0.25) is 15.1 Å². The van der Waals surface area contributed by atoms with Crippen molar-refractivity contribution in [1.82, 2.24) is 0 Å². The normalized spacial score (nSPS) is 11.0. The molecule has 7 heteroatoms. The maximum absolute atomic E-state index is 10.9. The Balaban J connectivity index is 2.43. The predicted molar refractivity (Wildman–Crippen MR) is 83.2 cm³/mol. The van der Waals surface area contributed by atoms with E-state index in [1.54, 1.807) is 19.1 Å². The molecule has 2 aromatic rings. The molecule has 108 valence electrons. The molecule has 0 aliphatic carbocycles. The Morgan fingerprint density at radius 1 is 1.33 bits per heavy atom. The van der Waals surface area contributed by atoms with Crippen LogP contribution in [0, 0.1) is 17.0 Å². The fourth-order valence-corrected chi connectivity index (χ4v) is 2.28. The SMILES string of the molecule is Cc1c(N=Cc2cc(Cl)cc(Cl)c2O)cccc1[N+](=O)[O-]. The third-order valence-electron chi connectivity index (χ3n) is 2.87. The number of hydrogen-bond acceptors (Lipinski definition) is 4. The molecule has 0 spiro atoms. The van der Waals surface area contributed by atoms with Gasteiger partial charge in [0.25, 0.3) is 5.69 Å². The third-order valence-corrected chi connectivity index (χ3v) is 3.38. The van der Waals surface area contributed by atoms with E-state index in [0.717, 1.165) is 0 Å². The van der Waals surface area contributed by atoms with Crippen molar-refractivity contribution in [3.63, 3.8) is 0 Å². The first-order valence-electron chi connectivity index (χ1n) is 5.86. The number of nitrogens with zero attached hydrogens (tertiary/aromatic N) is 2. The lowest BCUT2D eigenvalue weighted by molar-refractivity contribution is -0.385. The molecule has 0 atom stereocenters. The second-order valence-corrected chi connectivity index (χ2v) is 5.11. The van der Waals surface area contributed by atoms with Crippen LogP contribution in [0.5, 0.6) is 5.75 Å². The molecule has 0 bridgehead atoms. The van der Waals surface area contributed by atoms with Crippen LogP contribution in [0.15, 0.2) is 35.3 Å². The summed E-state index contributed by atoms with van der Waals surface area (Å²) < 4.78 is 0. The Bertz CT molecular complexity index is 745. The first-order valence-corrected chi connectivity index (χ1v) is 6.62. The molecule has 0 fully saturated rings. The highest BCUT2D eigenvalue weighted by Crippen LogP contribution is 2.31. The third kappa shape index (κ3) is 3.32. The van der Waals surface area contributed by atoms with Crippen molar-refractivity contribution in [3.8, 4) is 5.75 Å². The smallest absolute Gasteiger partial charge is 0.274 e. The minimum absolute atomic E-state index is 0.0157. The van der Waals surface area contributed by atoms with Crippen LogP contribution < -0.4 is 0 Å². The van der Waals surface area contributed by atoms with Crippen LogP contribution in [0.4, 0.5) is 11.4 Å². The van der Waals surface area contributed by atoms with E-state index >= 15 is 0 Å². The highest BCUT2D eigenvalue weighted by molar-refractivity contribution is 6.36. The molecule has 0 radical (unpaired) electrons. The molecule has 0 aliphatic heterocycles. The average molecular weight is 325 g/mol. The maximum Gasteiger partial charge on any atom is 0.274 e. The van der Waals surface area contributed by atoms with Crippen molar-refractivity contribution in [1.29, 1.82) is 0 Å². The molecule has 2 rings (SSSR count). The van der Waals surface area contributed by atoms with Crippen molar-refractivity contribution < 1.29 is 10.0 Å². The van der Waals surface area contributed by atoms with Gasteiger partial charge in [-0.2, -0.15) is 0 Å². The highest BCUT2D eigenvalue weighted by atomic mass is 35.5. The zero-order valence-corrected chi connectivity index (χ0v) is 12.4. The summed E-state index contributed by atoms with van der Waals surface area (Å²) in [5, 5.41) is 21.2.